The van der Waals surface area contributed by atoms with Gasteiger partial charge in [-0.1, -0.05) is 12.5 Å². The highest BCUT2D eigenvalue weighted by molar-refractivity contribution is 5.62. The minimum atomic E-state index is -0.534. The Bertz CT molecular complexity index is 891. The third kappa shape index (κ3) is 2.04. The minimum absolute atomic E-state index is 0.106. The Morgan fingerprint density at radius 3 is 2.54 bits per heavy atom. The van der Waals surface area contributed by atoms with E-state index in [2.05, 4.69) is 31.9 Å². The van der Waals surface area contributed by atoms with Gasteiger partial charge in [-0.3, -0.25) is 0 Å². The average molecular weight is 354 g/mol. The lowest BCUT2D eigenvalue weighted by Gasteiger charge is -2.42. The zero-order chi connectivity index (χ0) is 18.1. The van der Waals surface area contributed by atoms with Crippen molar-refractivity contribution in [3.8, 4) is 5.69 Å². The summed E-state index contributed by atoms with van der Waals surface area (Å²) >= 11 is 0. The Kier molecular flexibility index (Phi) is 3.29. The molecular weight excluding hydrogens is 331 g/mol. The van der Waals surface area contributed by atoms with E-state index in [-0.39, 0.29) is 23.4 Å². The summed E-state index contributed by atoms with van der Waals surface area (Å²) < 4.78 is 27.9. The Morgan fingerprint density at radius 2 is 1.85 bits per heavy atom. The molecule has 0 N–H and O–H groups in total. The predicted molar refractivity (Wildman–Crippen MR) is 96.4 cm³/mol. The van der Waals surface area contributed by atoms with Crippen molar-refractivity contribution >= 4 is 6.08 Å². The molecule has 1 saturated heterocycles. The van der Waals surface area contributed by atoms with E-state index in [4.69, 9.17) is 9.47 Å². The van der Waals surface area contributed by atoms with Crippen LogP contribution < -0.4 is 0 Å². The molecule has 0 radical (unpaired) electrons. The fourth-order valence-corrected chi connectivity index (χ4v) is 4.79. The maximum Gasteiger partial charge on any atom is 0.178 e. The van der Waals surface area contributed by atoms with E-state index < -0.39 is 5.79 Å². The summed E-state index contributed by atoms with van der Waals surface area (Å²) in [5.41, 5.74) is 4.32. The first-order valence-electron chi connectivity index (χ1n) is 9.31. The summed E-state index contributed by atoms with van der Waals surface area (Å²) in [6.45, 7) is 6.44. The molecule has 3 aliphatic rings. The summed E-state index contributed by atoms with van der Waals surface area (Å²) in [6.07, 6.45) is 7.07. The Labute approximate surface area is 152 Å². The Hall–Kier alpha value is -1.98. The van der Waals surface area contributed by atoms with Crippen molar-refractivity contribution in [1.29, 1.82) is 0 Å². The Balaban J connectivity index is 1.57. The van der Waals surface area contributed by atoms with Gasteiger partial charge in [-0.05, 0) is 62.6 Å². The van der Waals surface area contributed by atoms with Crippen molar-refractivity contribution in [2.45, 2.75) is 58.0 Å². The predicted octanol–water partition coefficient (Wildman–Crippen LogP) is 4.27. The summed E-state index contributed by atoms with van der Waals surface area (Å²) in [5.74, 6) is -0.773. The maximum absolute atomic E-state index is 13.3. The molecule has 1 aromatic carbocycles. The molecule has 5 rings (SSSR count). The van der Waals surface area contributed by atoms with Crippen molar-refractivity contribution in [1.82, 2.24) is 9.78 Å². The van der Waals surface area contributed by atoms with Crippen LogP contribution in [-0.2, 0) is 15.9 Å². The lowest BCUT2D eigenvalue weighted by atomic mass is 9.72. The van der Waals surface area contributed by atoms with Crippen molar-refractivity contribution in [2.24, 2.45) is 5.41 Å². The van der Waals surface area contributed by atoms with E-state index in [1.165, 1.54) is 23.3 Å². The molecular formula is C21H23FN2O2. The zero-order valence-electron chi connectivity index (χ0n) is 15.3. The van der Waals surface area contributed by atoms with Crippen LogP contribution in [-0.4, -0.2) is 27.8 Å². The second kappa shape index (κ2) is 5.27. The van der Waals surface area contributed by atoms with Gasteiger partial charge in [-0.25, -0.2) is 9.07 Å². The van der Waals surface area contributed by atoms with Crippen LogP contribution in [0.15, 0.2) is 36.0 Å². The van der Waals surface area contributed by atoms with Gasteiger partial charge in [0.15, 0.2) is 5.79 Å². The van der Waals surface area contributed by atoms with Gasteiger partial charge in [0.25, 0.3) is 0 Å². The molecule has 1 aliphatic heterocycles. The molecule has 2 aliphatic carbocycles. The lowest BCUT2D eigenvalue weighted by Crippen LogP contribution is -2.46. The van der Waals surface area contributed by atoms with E-state index in [1.54, 1.807) is 12.1 Å². The average Bonchev–Trinajstić information content (AvgIpc) is 3.22. The molecule has 2 heterocycles. The molecule has 4 nitrogen and oxygen atoms in total. The minimum Gasteiger partial charge on any atom is -0.343 e. The summed E-state index contributed by atoms with van der Waals surface area (Å²) in [7, 11) is 0. The second-order valence-corrected chi connectivity index (χ2v) is 8.02. The SMILES string of the molecule is C[C@@H]1OC2(CCC3=Cc4c(cnn4-c4ccc(F)cc4)C[C@@]32C)O[C@@H]1C. The van der Waals surface area contributed by atoms with Gasteiger partial charge in [-0.2, -0.15) is 5.10 Å². The number of nitrogens with zero attached hydrogens (tertiary/aromatic N) is 2. The fourth-order valence-electron chi connectivity index (χ4n) is 4.79. The van der Waals surface area contributed by atoms with Gasteiger partial charge < -0.3 is 9.47 Å². The summed E-state index contributed by atoms with van der Waals surface area (Å²) in [4.78, 5) is 0. The molecule has 2 aromatic rings. The van der Waals surface area contributed by atoms with Crippen molar-refractivity contribution in [3.63, 3.8) is 0 Å². The first-order valence-corrected chi connectivity index (χ1v) is 9.31. The van der Waals surface area contributed by atoms with Crippen LogP contribution in [0, 0.1) is 11.2 Å². The molecule has 5 heteroatoms. The first kappa shape index (κ1) is 16.2. The number of halogens is 1. The second-order valence-electron chi connectivity index (χ2n) is 8.02. The van der Waals surface area contributed by atoms with Gasteiger partial charge in [-0.15, -0.1) is 0 Å². The van der Waals surface area contributed by atoms with Gasteiger partial charge in [0.05, 0.1) is 29.8 Å². The largest absolute Gasteiger partial charge is 0.343 e. The molecule has 26 heavy (non-hydrogen) atoms. The third-order valence-corrected chi connectivity index (χ3v) is 6.50. The van der Waals surface area contributed by atoms with Crippen LogP contribution in [0.25, 0.3) is 11.8 Å². The van der Waals surface area contributed by atoms with Crippen LogP contribution in [0.1, 0.15) is 44.9 Å². The topological polar surface area (TPSA) is 36.3 Å². The normalized spacial score (nSPS) is 35.5. The molecule has 136 valence electrons. The van der Waals surface area contributed by atoms with Crippen LogP contribution in [0.2, 0.25) is 0 Å². The number of rotatable bonds is 1. The maximum atomic E-state index is 13.3. The van der Waals surface area contributed by atoms with Gasteiger partial charge in [0.2, 0.25) is 0 Å². The lowest BCUT2D eigenvalue weighted by molar-refractivity contribution is -0.222. The van der Waals surface area contributed by atoms with E-state index in [1.807, 2.05) is 10.9 Å². The van der Waals surface area contributed by atoms with Crippen LogP contribution >= 0.6 is 0 Å². The van der Waals surface area contributed by atoms with Gasteiger partial charge >= 0.3 is 0 Å². The van der Waals surface area contributed by atoms with Gasteiger partial charge in [0.1, 0.15) is 5.82 Å². The molecule has 1 spiro atoms. The molecule has 1 unspecified atom stereocenters. The molecule has 0 bridgehead atoms. The van der Waals surface area contributed by atoms with Crippen LogP contribution in [0.5, 0.6) is 0 Å². The number of hydrogen-bond donors (Lipinski definition) is 0. The first-order chi connectivity index (χ1) is 12.4. The number of fused-ring (bicyclic) bond motifs is 3. The molecule has 0 amide bonds. The number of aromatic nitrogens is 2. The third-order valence-electron chi connectivity index (χ3n) is 6.50. The van der Waals surface area contributed by atoms with Crippen molar-refractivity contribution in [2.75, 3.05) is 0 Å². The van der Waals surface area contributed by atoms with Crippen LogP contribution in [0.3, 0.4) is 0 Å². The molecule has 4 atom stereocenters. The zero-order valence-corrected chi connectivity index (χ0v) is 15.3. The van der Waals surface area contributed by atoms with E-state index in [0.29, 0.717) is 0 Å². The fraction of sp³-hybridized carbons (Fsp3) is 0.476. The quantitative estimate of drug-likeness (QED) is 0.767. The van der Waals surface area contributed by atoms with Crippen molar-refractivity contribution < 1.29 is 13.9 Å². The highest BCUT2D eigenvalue weighted by atomic mass is 19.1. The Morgan fingerprint density at radius 1 is 1.15 bits per heavy atom. The van der Waals surface area contributed by atoms with Crippen molar-refractivity contribution in [3.05, 3.63) is 53.1 Å². The summed E-state index contributed by atoms with van der Waals surface area (Å²) in [5, 5.41) is 4.57. The molecule has 1 aromatic heterocycles. The highest BCUT2D eigenvalue weighted by Crippen LogP contribution is 2.60. The van der Waals surface area contributed by atoms with E-state index in [0.717, 1.165) is 30.6 Å². The number of benzene rings is 1. The standard InChI is InChI=1S/C21H23FN2O2/c1-13-14(2)26-21(25-13)9-8-16-10-19-15(11-20(16,21)3)12-23-24(19)18-6-4-17(22)5-7-18/h4-7,10,12-14H,8-9,11H2,1-3H3/t13-,14+,20-,21?/m0/s1. The smallest absolute Gasteiger partial charge is 0.178 e. The highest BCUT2D eigenvalue weighted by Gasteiger charge is 2.62. The van der Waals surface area contributed by atoms with E-state index in [9.17, 15) is 4.39 Å². The molecule has 1 saturated carbocycles. The van der Waals surface area contributed by atoms with Crippen LogP contribution in [0.4, 0.5) is 4.39 Å². The van der Waals surface area contributed by atoms with E-state index >= 15 is 0 Å². The molecule has 2 fully saturated rings. The number of ether oxygens (including phenoxy) is 2. The number of hydrogen-bond acceptors (Lipinski definition) is 3. The van der Waals surface area contributed by atoms with Gasteiger partial charge in [0, 0.05) is 11.8 Å². The summed E-state index contributed by atoms with van der Waals surface area (Å²) in [6, 6.07) is 6.46. The monoisotopic (exact) mass is 354 g/mol.